The number of aromatic nitrogens is 1. The smallest absolute Gasteiger partial charge is 0.272 e. The van der Waals surface area contributed by atoms with E-state index in [4.69, 9.17) is 14.2 Å². The van der Waals surface area contributed by atoms with Gasteiger partial charge in [-0.15, -0.1) is 23.1 Å². The van der Waals surface area contributed by atoms with E-state index in [2.05, 4.69) is 36.9 Å². The van der Waals surface area contributed by atoms with Gasteiger partial charge in [0.05, 0.1) is 32.3 Å². The summed E-state index contributed by atoms with van der Waals surface area (Å²) >= 11 is 6.12. The Labute approximate surface area is 306 Å². The molecule has 0 fully saturated rings. The number of methoxy groups -OCH3 is 3. The SMILES string of the molecule is COc1cc(OC)c(OC)cc1/C=C(/NC(=O)c1ccccc1)C(=O)Nc1cccc(SC(C)C(=O)Nc2nc(-c3ccc(Br)cc3)cs2)c1. The van der Waals surface area contributed by atoms with Crippen LogP contribution in [0.15, 0.2) is 111 Å². The minimum atomic E-state index is -0.579. The lowest BCUT2D eigenvalue weighted by Crippen LogP contribution is -2.30. The zero-order chi connectivity index (χ0) is 35.6. The van der Waals surface area contributed by atoms with E-state index in [1.165, 1.54) is 50.5 Å². The van der Waals surface area contributed by atoms with E-state index in [9.17, 15) is 14.4 Å². The minimum Gasteiger partial charge on any atom is -0.496 e. The summed E-state index contributed by atoms with van der Waals surface area (Å²) in [5.41, 5.74) is 2.99. The van der Waals surface area contributed by atoms with Gasteiger partial charge in [0.2, 0.25) is 5.91 Å². The number of halogens is 1. The zero-order valence-corrected chi connectivity index (χ0v) is 30.7. The summed E-state index contributed by atoms with van der Waals surface area (Å²) in [4.78, 5) is 45.3. The van der Waals surface area contributed by atoms with Crippen LogP contribution in [0.2, 0.25) is 0 Å². The molecular weight excluding hydrogens is 740 g/mol. The second-order valence-corrected chi connectivity index (χ2v) is 13.8. The number of nitrogens with zero attached hydrogens (tertiary/aromatic N) is 1. The maximum Gasteiger partial charge on any atom is 0.272 e. The van der Waals surface area contributed by atoms with Crippen molar-refractivity contribution in [2.45, 2.75) is 17.1 Å². The third-order valence-corrected chi connectivity index (χ3v) is 9.59. The van der Waals surface area contributed by atoms with Crippen molar-refractivity contribution in [2.75, 3.05) is 32.0 Å². The summed E-state index contributed by atoms with van der Waals surface area (Å²) in [7, 11) is 4.50. The highest BCUT2D eigenvalue weighted by Gasteiger charge is 2.20. The van der Waals surface area contributed by atoms with Crippen LogP contribution in [0.5, 0.6) is 17.2 Å². The number of amides is 3. The molecule has 0 bridgehead atoms. The van der Waals surface area contributed by atoms with E-state index in [1.807, 2.05) is 35.7 Å². The molecule has 1 heterocycles. The Morgan fingerprint density at radius 1 is 0.840 bits per heavy atom. The first kappa shape index (κ1) is 36.2. The highest BCUT2D eigenvalue weighted by atomic mass is 79.9. The number of rotatable bonds is 13. The Balaban J connectivity index is 1.32. The molecule has 1 unspecified atom stereocenters. The Hall–Kier alpha value is -5.11. The number of ether oxygens (including phenoxy) is 3. The summed E-state index contributed by atoms with van der Waals surface area (Å²) in [5.74, 6) is -0.00969. The van der Waals surface area contributed by atoms with Gasteiger partial charge in [0.1, 0.15) is 11.4 Å². The maximum atomic E-state index is 13.8. The summed E-state index contributed by atoms with van der Waals surface area (Å²) < 4.78 is 17.4. The summed E-state index contributed by atoms with van der Waals surface area (Å²) in [5, 5.41) is 10.4. The number of anilines is 2. The largest absolute Gasteiger partial charge is 0.496 e. The number of thiazole rings is 1. The van der Waals surface area contributed by atoms with Crippen molar-refractivity contribution in [3.05, 3.63) is 118 Å². The van der Waals surface area contributed by atoms with E-state index in [0.29, 0.717) is 39.2 Å². The van der Waals surface area contributed by atoms with Crippen molar-refractivity contribution in [3.8, 4) is 28.5 Å². The topological polar surface area (TPSA) is 128 Å². The summed E-state index contributed by atoms with van der Waals surface area (Å²) in [6.45, 7) is 1.80. The van der Waals surface area contributed by atoms with Crippen molar-refractivity contribution in [3.63, 3.8) is 0 Å². The molecule has 1 atom stereocenters. The van der Waals surface area contributed by atoms with Crippen LogP contribution in [0.1, 0.15) is 22.8 Å². The number of nitrogens with one attached hydrogen (secondary N) is 3. The molecule has 0 spiro atoms. The molecule has 5 aromatic rings. The molecule has 3 amide bonds. The molecule has 0 aliphatic rings. The fourth-order valence-corrected chi connectivity index (χ4v) is 6.57. The molecule has 1 aromatic heterocycles. The second kappa shape index (κ2) is 17.0. The molecule has 0 saturated heterocycles. The van der Waals surface area contributed by atoms with E-state index < -0.39 is 17.1 Å². The lowest BCUT2D eigenvalue weighted by molar-refractivity contribution is -0.115. The average molecular weight is 774 g/mol. The molecule has 0 aliphatic heterocycles. The number of hydrogen-bond donors (Lipinski definition) is 3. The molecule has 10 nitrogen and oxygen atoms in total. The first-order valence-corrected chi connectivity index (χ1v) is 17.7. The van der Waals surface area contributed by atoms with Crippen LogP contribution in [0.25, 0.3) is 17.3 Å². The first-order valence-electron chi connectivity index (χ1n) is 15.2. The van der Waals surface area contributed by atoms with Gasteiger partial charge in [-0.3, -0.25) is 14.4 Å². The third-order valence-electron chi connectivity index (χ3n) is 7.21. The molecule has 13 heteroatoms. The van der Waals surface area contributed by atoms with Gasteiger partial charge in [-0.1, -0.05) is 52.3 Å². The van der Waals surface area contributed by atoms with Crippen LogP contribution in [-0.4, -0.2) is 49.3 Å². The molecule has 0 radical (unpaired) electrons. The van der Waals surface area contributed by atoms with Crippen LogP contribution in [0.4, 0.5) is 10.8 Å². The standard InChI is InChI=1S/C37H33BrN4O6S2/c1-22(34(43)42-37-41-30(21-49-37)23-13-15-26(38)16-14-23)50-28-12-8-11-27(19-28)39-36(45)29(40-35(44)24-9-6-5-7-10-24)17-25-18-32(47-3)33(48-4)20-31(25)46-2/h5-22H,1-4H3,(H,39,45)(H,40,44)(H,41,42,43)/b29-17+. The van der Waals surface area contributed by atoms with Crippen LogP contribution < -0.4 is 30.2 Å². The van der Waals surface area contributed by atoms with Gasteiger partial charge >= 0.3 is 0 Å². The Bertz CT molecular complexity index is 2020. The van der Waals surface area contributed by atoms with Gasteiger partial charge in [-0.25, -0.2) is 4.98 Å². The lowest BCUT2D eigenvalue weighted by Gasteiger charge is -2.15. The van der Waals surface area contributed by atoms with Crippen LogP contribution in [-0.2, 0) is 9.59 Å². The van der Waals surface area contributed by atoms with Gasteiger partial charge in [0.15, 0.2) is 16.6 Å². The number of carbonyl (C=O) groups is 3. The number of thioether (sulfide) groups is 1. The average Bonchev–Trinajstić information content (AvgIpc) is 3.60. The van der Waals surface area contributed by atoms with E-state index in [0.717, 1.165) is 20.6 Å². The van der Waals surface area contributed by atoms with Gasteiger partial charge in [-0.2, -0.15) is 0 Å². The molecular formula is C37H33BrN4O6S2. The molecule has 4 aromatic carbocycles. The fourth-order valence-electron chi connectivity index (χ4n) is 4.66. The number of carbonyl (C=O) groups excluding carboxylic acids is 3. The normalized spacial score (nSPS) is 11.7. The Morgan fingerprint density at radius 3 is 2.24 bits per heavy atom. The Morgan fingerprint density at radius 2 is 1.54 bits per heavy atom. The van der Waals surface area contributed by atoms with E-state index in [1.54, 1.807) is 67.6 Å². The Kier molecular flexibility index (Phi) is 12.3. The van der Waals surface area contributed by atoms with Gasteiger partial charge in [0.25, 0.3) is 11.8 Å². The van der Waals surface area contributed by atoms with Crippen LogP contribution in [0.3, 0.4) is 0 Å². The maximum absolute atomic E-state index is 13.8. The minimum absolute atomic E-state index is 0.0406. The molecule has 3 N–H and O–H groups in total. The van der Waals surface area contributed by atoms with Crippen molar-refractivity contribution in [1.29, 1.82) is 0 Å². The van der Waals surface area contributed by atoms with Crippen LogP contribution >= 0.6 is 39.0 Å². The van der Waals surface area contributed by atoms with Crippen molar-refractivity contribution >= 4 is 73.6 Å². The van der Waals surface area contributed by atoms with Crippen molar-refractivity contribution in [1.82, 2.24) is 10.3 Å². The number of benzene rings is 4. The van der Waals surface area contributed by atoms with Crippen molar-refractivity contribution in [2.24, 2.45) is 0 Å². The van der Waals surface area contributed by atoms with Crippen molar-refractivity contribution < 1.29 is 28.6 Å². The van der Waals surface area contributed by atoms with Gasteiger partial charge in [-0.05, 0) is 61.5 Å². The molecule has 0 saturated carbocycles. The second-order valence-electron chi connectivity index (χ2n) is 10.6. The predicted molar refractivity (Wildman–Crippen MR) is 202 cm³/mol. The first-order chi connectivity index (χ1) is 24.2. The third kappa shape index (κ3) is 9.31. The molecule has 50 heavy (non-hydrogen) atoms. The highest BCUT2D eigenvalue weighted by molar-refractivity contribution is 9.10. The molecule has 5 rings (SSSR count). The quantitative estimate of drug-likeness (QED) is 0.0809. The van der Waals surface area contributed by atoms with Gasteiger partial charge in [0, 0.05) is 43.2 Å². The molecule has 256 valence electrons. The zero-order valence-electron chi connectivity index (χ0n) is 27.5. The predicted octanol–water partition coefficient (Wildman–Crippen LogP) is 8.13. The summed E-state index contributed by atoms with van der Waals surface area (Å²) in [6.07, 6.45) is 1.50. The number of hydrogen-bond acceptors (Lipinski definition) is 9. The van der Waals surface area contributed by atoms with Crippen LogP contribution in [0, 0.1) is 0 Å². The van der Waals surface area contributed by atoms with E-state index in [-0.39, 0.29) is 11.6 Å². The monoisotopic (exact) mass is 772 g/mol. The molecule has 0 aliphatic carbocycles. The highest BCUT2D eigenvalue weighted by Crippen LogP contribution is 2.36. The van der Waals surface area contributed by atoms with Gasteiger partial charge < -0.3 is 30.2 Å². The summed E-state index contributed by atoms with van der Waals surface area (Å²) in [6, 6.07) is 26.7. The van der Waals surface area contributed by atoms with E-state index >= 15 is 0 Å². The lowest BCUT2D eigenvalue weighted by atomic mass is 10.1. The fraction of sp³-hybridized carbons (Fsp3) is 0.135.